The summed E-state index contributed by atoms with van der Waals surface area (Å²) >= 11 is 1.37. The van der Waals surface area contributed by atoms with Crippen LogP contribution in [0.1, 0.15) is 17.7 Å². The zero-order chi connectivity index (χ0) is 19.4. The van der Waals surface area contributed by atoms with Crippen molar-refractivity contribution in [2.24, 2.45) is 0 Å². The predicted octanol–water partition coefficient (Wildman–Crippen LogP) is 4.25. The molecule has 3 aromatic rings. The number of rotatable bonds is 6. The summed E-state index contributed by atoms with van der Waals surface area (Å²) in [7, 11) is -3.31. The fraction of sp³-hybridized carbons (Fsp3) is 0.158. The number of aromatic nitrogens is 1. The van der Waals surface area contributed by atoms with E-state index in [1.165, 1.54) is 21.9 Å². The van der Waals surface area contributed by atoms with E-state index in [2.05, 4.69) is 11.1 Å². The Morgan fingerprint density at radius 1 is 1.33 bits per heavy atom. The van der Waals surface area contributed by atoms with Crippen LogP contribution in [0.3, 0.4) is 0 Å². The molecule has 0 aliphatic carbocycles. The van der Waals surface area contributed by atoms with Gasteiger partial charge in [0.15, 0.2) is 0 Å². The highest BCUT2D eigenvalue weighted by Gasteiger charge is 2.15. The molecule has 0 aliphatic rings. The van der Waals surface area contributed by atoms with Gasteiger partial charge in [-0.05, 0) is 31.2 Å². The fourth-order valence-electron chi connectivity index (χ4n) is 2.59. The highest BCUT2D eigenvalue weighted by molar-refractivity contribution is 7.92. The molecular weight excluding hydrogens is 382 g/mol. The molecule has 3 rings (SSSR count). The van der Waals surface area contributed by atoms with Crippen LogP contribution >= 0.6 is 11.3 Å². The minimum Gasteiger partial charge on any atom is -0.465 e. The van der Waals surface area contributed by atoms with Crippen LogP contribution in [-0.4, -0.2) is 26.2 Å². The van der Waals surface area contributed by atoms with Gasteiger partial charge in [0.25, 0.3) is 0 Å². The summed E-state index contributed by atoms with van der Waals surface area (Å²) in [4.78, 5) is 4.53. The maximum atomic E-state index is 11.8. The van der Waals surface area contributed by atoms with Crippen LogP contribution in [0.15, 0.2) is 52.5 Å². The second-order valence-electron chi connectivity index (χ2n) is 5.70. The minimum absolute atomic E-state index is 0.363. The molecule has 138 valence electrons. The number of hydrogen-bond acceptors (Lipinski definition) is 6. The van der Waals surface area contributed by atoms with E-state index in [1.54, 1.807) is 43.5 Å². The molecule has 0 saturated heterocycles. The number of allylic oxidation sites excluding steroid dienone is 1. The number of hydrogen-bond donors (Lipinski definition) is 0. The van der Waals surface area contributed by atoms with Crippen LogP contribution in [0.2, 0.25) is 0 Å². The Kier molecular flexibility index (Phi) is 5.44. The maximum Gasteiger partial charge on any atom is 0.232 e. The van der Waals surface area contributed by atoms with Crippen LogP contribution in [0.25, 0.3) is 22.9 Å². The molecule has 0 spiro atoms. The Hall–Kier alpha value is -2.89. The number of nitriles is 1. The molecule has 2 aromatic heterocycles. The molecule has 0 saturated carbocycles. The Labute approximate surface area is 162 Å². The van der Waals surface area contributed by atoms with Crippen molar-refractivity contribution in [2.75, 3.05) is 17.1 Å². The van der Waals surface area contributed by atoms with Crippen LogP contribution in [0.5, 0.6) is 0 Å². The monoisotopic (exact) mass is 399 g/mol. The Morgan fingerprint density at radius 2 is 2.07 bits per heavy atom. The third-order valence-corrected chi connectivity index (χ3v) is 5.97. The first-order chi connectivity index (χ1) is 12.9. The smallest absolute Gasteiger partial charge is 0.232 e. The summed E-state index contributed by atoms with van der Waals surface area (Å²) in [6.07, 6.45) is 4.38. The zero-order valence-electron chi connectivity index (χ0n) is 14.8. The van der Waals surface area contributed by atoms with Crippen LogP contribution < -0.4 is 4.31 Å². The number of thiazole rings is 1. The van der Waals surface area contributed by atoms with Crippen molar-refractivity contribution in [1.82, 2.24) is 4.98 Å². The van der Waals surface area contributed by atoms with Gasteiger partial charge in [-0.3, -0.25) is 4.31 Å². The van der Waals surface area contributed by atoms with Crippen LogP contribution in [-0.2, 0) is 10.0 Å². The number of sulfonamides is 1. The van der Waals surface area contributed by atoms with Gasteiger partial charge in [0.05, 0.1) is 29.5 Å². The van der Waals surface area contributed by atoms with E-state index in [0.717, 1.165) is 11.3 Å². The molecule has 2 heterocycles. The first-order valence-electron chi connectivity index (χ1n) is 8.11. The van der Waals surface area contributed by atoms with E-state index >= 15 is 0 Å². The molecule has 6 nitrogen and oxygen atoms in total. The Morgan fingerprint density at radius 3 is 2.63 bits per heavy atom. The molecule has 0 fully saturated rings. The highest BCUT2D eigenvalue weighted by Crippen LogP contribution is 2.29. The molecule has 0 radical (unpaired) electrons. The summed E-state index contributed by atoms with van der Waals surface area (Å²) < 4.78 is 30.2. The second-order valence-corrected chi connectivity index (χ2v) is 8.46. The number of anilines is 1. The van der Waals surface area contributed by atoms with Gasteiger partial charge in [-0.1, -0.05) is 12.1 Å². The summed E-state index contributed by atoms with van der Waals surface area (Å²) in [5.74, 6) is 0.591. The molecule has 27 heavy (non-hydrogen) atoms. The first kappa shape index (κ1) is 18.9. The lowest BCUT2D eigenvalue weighted by molar-refractivity contribution is 0.557. The van der Waals surface area contributed by atoms with Crippen LogP contribution in [0, 0.1) is 11.3 Å². The number of furan rings is 1. The summed E-state index contributed by atoms with van der Waals surface area (Å²) in [6, 6.07) is 12.8. The standard InChI is InChI=1S/C19H17N3O3S2/c1-3-22(27(2,23)24)16-8-6-14(7-9-16)18-13-26-19(21-18)15(12-20)11-17-5-4-10-25-17/h4-11,13H,3H2,1-2H3/b15-11+. The molecule has 0 aliphatic heterocycles. The average Bonchev–Trinajstić information content (AvgIpc) is 3.31. The van der Waals surface area contributed by atoms with Crippen molar-refractivity contribution in [2.45, 2.75) is 6.92 Å². The molecule has 1 aromatic carbocycles. The molecular formula is C19H17N3O3S2. The van der Waals surface area contributed by atoms with E-state index in [1.807, 2.05) is 17.5 Å². The minimum atomic E-state index is -3.31. The van der Waals surface area contributed by atoms with Gasteiger partial charge in [0, 0.05) is 23.6 Å². The van der Waals surface area contributed by atoms with E-state index < -0.39 is 10.0 Å². The van der Waals surface area contributed by atoms with Crippen molar-refractivity contribution in [3.8, 4) is 17.3 Å². The lowest BCUT2D eigenvalue weighted by atomic mass is 10.1. The van der Waals surface area contributed by atoms with Crippen molar-refractivity contribution in [3.05, 3.63) is 58.8 Å². The van der Waals surface area contributed by atoms with Gasteiger partial charge in [0.2, 0.25) is 10.0 Å². The molecule has 0 bridgehead atoms. The molecule has 8 heteroatoms. The van der Waals surface area contributed by atoms with Gasteiger partial charge >= 0.3 is 0 Å². The SMILES string of the molecule is CCN(c1ccc(-c2csc(/C(C#N)=C/c3ccco3)n2)cc1)S(C)(=O)=O. The maximum absolute atomic E-state index is 11.8. The Balaban J connectivity index is 1.88. The quantitative estimate of drug-likeness (QED) is 0.578. The van der Waals surface area contributed by atoms with Gasteiger partial charge in [0.1, 0.15) is 16.8 Å². The predicted molar refractivity (Wildman–Crippen MR) is 108 cm³/mol. The lowest BCUT2D eigenvalue weighted by Gasteiger charge is -2.20. The highest BCUT2D eigenvalue weighted by atomic mass is 32.2. The topological polar surface area (TPSA) is 87.2 Å². The molecule has 0 unspecified atom stereocenters. The van der Waals surface area contributed by atoms with Crippen LogP contribution in [0.4, 0.5) is 5.69 Å². The lowest BCUT2D eigenvalue weighted by Crippen LogP contribution is -2.29. The van der Waals surface area contributed by atoms with Gasteiger partial charge < -0.3 is 4.42 Å². The van der Waals surface area contributed by atoms with Gasteiger partial charge in [-0.25, -0.2) is 13.4 Å². The summed E-state index contributed by atoms with van der Waals surface area (Å²) in [5.41, 5.74) is 2.60. The first-order valence-corrected chi connectivity index (χ1v) is 10.8. The number of nitrogens with zero attached hydrogens (tertiary/aromatic N) is 3. The van der Waals surface area contributed by atoms with Crippen molar-refractivity contribution in [1.29, 1.82) is 5.26 Å². The van der Waals surface area contributed by atoms with Gasteiger partial charge in [-0.2, -0.15) is 5.26 Å². The third kappa shape index (κ3) is 4.27. The zero-order valence-corrected chi connectivity index (χ0v) is 16.4. The fourth-order valence-corrected chi connectivity index (χ4v) is 4.36. The van der Waals surface area contributed by atoms with Crippen molar-refractivity contribution < 1.29 is 12.8 Å². The molecule has 0 amide bonds. The average molecular weight is 399 g/mol. The second kappa shape index (κ2) is 7.78. The van der Waals surface area contributed by atoms with E-state index in [-0.39, 0.29) is 0 Å². The normalized spacial score (nSPS) is 12.0. The largest absolute Gasteiger partial charge is 0.465 e. The molecule has 0 N–H and O–H groups in total. The Bertz CT molecular complexity index is 1090. The summed E-state index contributed by atoms with van der Waals surface area (Å²) in [5, 5.41) is 11.9. The summed E-state index contributed by atoms with van der Waals surface area (Å²) in [6.45, 7) is 2.15. The van der Waals surface area contributed by atoms with Crippen molar-refractivity contribution in [3.63, 3.8) is 0 Å². The van der Waals surface area contributed by atoms with E-state index in [4.69, 9.17) is 4.42 Å². The number of benzene rings is 1. The van der Waals surface area contributed by atoms with Crippen molar-refractivity contribution >= 4 is 38.7 Å². The third-order valence-electron chi connectivity index (χ3n) is 3.82. The molecule has 0 atom stereocenters. The van der Waals surface area contributed by atoms with E-state index in [0.29, 0.717) is 28.6 Å². The van der Waals surface area contributed by atoms with E-state index in [9.17, 15) is 13.7 Å². The van der Waals surface area contributed by atoms with Gasteiger partial charge in [-0.15, -0.1) is 11.3 Å².